The Hall–Kier alpha value is -3.24. The predicted octanol–water partition coefficient (Wildman–Crippen LogP) is 5.67. The molecule has 0 saturated carbocycles. The van der Waals surface area contributed by atoms with Crippen LogP contribution in [0.3, 0.4) is 0 Å². The Bertz CT molecular complexity index is 1160. The summed E-state index contributed by atoms with van der Waals surface area (Å²) in [5.41, 5.74) is 0.941. The maximum atomic E-state index is 12.7. The molecule has 0 spiro atoms. The van der Waals surface area contributed by atoms with Gasteiger partial charge in [0.2, 0.25) is 0 Å². The molecule has 1 N–H and O–H groups in total. The van der Waals surface area contributed by atoms with Crippen LogP contribution in [0.5, 0.6) is 5.75 Å². The number of non-ortho nitro benzene ring substituents is 1. The quantitative estimate of drug-likeness (QED) is 0.234. The molecule has 1 amide bonds. The van der Waals surface area contributed by atoms with E-state index in [0.717, 1.165) is 15.8 Å². The van der Waals surface area contributed by atoms with Crippen LogP contribution < -0.4 is 10.1 Å². The molecule has 3 rings (SSSR count). The Morgan fingerprint density at radius 1 is 1.22 bits per heavy atom. The van der Waals surface area contributed by atoms with E-state index in [2.05, 4.69) is 21.2 Å². The highest BCUT2D eigenvalue weighted by molar-refractivity contribution is 9.10. The minimum absolute atomic E-state index is 0.106. The number of nitrogens with zero attached hydrogens (tertiary/aromatic N) is 1. The molecular weight excluding hydrogens is 500 g/mol. The summed E-state index contributed by atoms with van der Waals surface area (Å²) in [6, 6.07) is 13.0. The van der Waals surface area contributed by atoms with E-state index in [4.69, 9.17) is 9.47 Å². The topological polar surface area (TPSA) is 108 Å². The molecule has 0 aliphatic heterocycles. The number of hydrogen-bond acceptors (Lipinski definition) is 7. The van der Waals surface area contributed by atoms with Crippen LogP contribution in [-0.4, -0.2) is 29.5 Å². The monoisotopic (exact) mass is 518 g/mol. The van der Waals surface area contributed by atoms with Crippen molar-refractivity contribution in [2.24, 2.45) is 0 Å². The molecular formula is C22H19BrN2O6S. The first-order valence-electron chi connectivity index (χ1n) is 9.56. The molecule has 166 valence electrons. The number of rotatable bonds is 8. The SMILES string of the molecule is CCOC(=O)c1c(-c2cccc([N+](=O)[O-])c2)csc1NC(=O)C(C)Oc1cccc(Br)c1. The highest BCUT2D eigenvalue weighted by atomic mass is 79.9. The van der Waals surface area contributed by atoms with E-state index < -0.39 is 22.9 Å². The number of thiophene rings is 1. The summed E-state index contributed by atoms with van der Waals surface area (Å²) in [5, 5.41) is 15.8. The normalized spacial score (nSPS) is 11.5. The van der Waals surface area contributed by atoms with E-state index in [0.29, 0.717) is 16.9 Å². The van der Waals surface area contributed by atoms with E-state index in [1.807, 2.05) is 6.07 Å². The highest BCUT2D eigenvalue weighted by Gasteiger charge is 2.25. The Balaban J connectivity index is 1.89. The number of amides is 1. The summed E-state index contributed by atoms with van der Waals surface area (Å²) in [4.78, 5) is 36.1. The lowest BCUT2D eigenvalue weighted by atomic mass is 10.0. The van der Waals surface area contributed by atoms with Crippen molar-refractivity contribution in [3.8, 4) is 16.9 Å². The van der Waals surface area contributed by atoms with Crippen molar-refractivity contribution in [2.75, 3.05) is 11.9 Å². The molecule has 10 heteroatoms. The molecule has 0 fully saturated rings. The number of carbonyl (C=O) groups is 2. The Labute approximate surface area is 196 Å². The van der Waals surface area contributed by atoms with Crippen molar-refractivity contribution < 1.29 is 24.0 Å². The second-order valence-corrected chi connectivity index (χ2v) is 8.38. The molecule has 0 saturated heterocycles. The first-order chi connectivity index (χ1) is 15.3. The van der Waals surface area contributed by atoms with Crippen molar-refractivity contribution in [1.82, 2.24) is 0 Å². The summed E-state index contributed by atoms with van der Waals surface area (Å²) in [6.07, 6.45) is -0.845. The fourth-order valence-electron chi connectivity index (χ4n) is 2.87. The van der Waals surface area contributed by atoms with Gasteiger partial charge >= 0.3 is 5.97 Å². The molecule has 1 aromatic heterocycles. The van der Waals surface area contributed by atoms with Crippen LogP contribution in [-0.2, 0) is 9.53 Å². The highest BCUT2D eigenvalue weighted by Crippen LogP contribution is 2.37. The lowest BCUT2D eigenvalue weighted by molar-refractivity contribution is -0.384. The zero-order chi connectivity index (χ0) is 23.3. The fourth-order valence-corrected chi connectivity index (χ4v) is 4.21. The average Bonchev–Trinajstić information content (AvgIpc) is 3.17. The van der Waals surface area contributed by atoms with Crippen molar-refractivity contribution in [1.29, 1.82) is 0 Å². The molecule has 2 aromatic carbocycles. The number of nitro groups is 1. The summed E-state index contributed by atoms with van der Waals surface area (Å²) >= 11 is 4.48. The van der Waals surface area contributed by atoms with Crippen molar-refractivity contribution in [3.05, 3.63) is 74.1 Å². The smallest absolute Gasteiger partial charge is 0.341 e. The van der Waals surface area contributed by atoms with E-state index >= 15 is 0 Å². The number of anilines is 1. The standard InChI is InChI=1S/C22H19BrN2O6S/c1-3-30-22(27)19-18(14-6-4-8-16(10-14)25(28)29)12-32-21(19)24-20(26)13(2)31-17-9-5-7-15(23)11-17/h4-13H,3H2,1-2H3,(H,24,26). The van der Waals surface area contributed by atoms with Gasteiger partial charge in [0.1, 0.15) is 16.3 Å². The van der Waals surface area contributed by atoms with E-state index in [1.165, 1.54) is 18.2 Å². The number of nitrogens with one attached hydrogen (secondary N) is 1. The van der Waals surface area contributed by atoms with Crippen LogP contribution in [0.4, 0.5) is 10.7 Å². The van der Waals surface area contributed by atoms with Crippen LogP contribution in [0.1, 0.15) is 24.2 Å². The number of carbonyl (C=O) groups excluding carboxylic acids is 2. The number of ether oxygens (including phenoxy) is 2. The zero-order valence-corrected chi connectivity index (χ0v) is 19.6. The Morgan fingerprint density at radius 3 is 2.66 bits per heavy atom. The summed E-state index contributed by atoms with van der Waals surface area (Å²) in [7, 11) is 0. The zero-order valence-electron chi connectivity index (χ0n) is 17.2. The number of hydrogen-bond donors (Lipinski definition) is 1. The molecule has 1 heterocycles. The maximum Gasteiger partial charge on any atom is 0.341 e. The molecule has 0 aliphatic rings. The summed E-state index contributed by atoms with van der Waals surface area (Å²) < 4.78 is 11.7. The molecule has 32 heavy (non-hydrogen) atoms. The van der Waals surface area contributed by atoms with Crippen LogP contribution in [0, 0.1) is 10.1 Å². The van der Waals surface area contributed by atoms with Gasteiger partial charge in [-0.05, 0) is 37.6 Å². The van der Waals surface area contributed by atoms with Crippen LogP contribution in [0.2, 0.25) is 0 Å². The van der Waals surface area contributed by atoms with E-state index in [-0.39, 0.29) is 22.9 Å². The second-order valence-electron chi connectivity index (χ2n) is 6.59. The van der Waals surface area contributed by atoms with Crippen molar-refractivity contribution in [2.45, 2.75) is 20.0 Å². The van der Waals surface area contributed by atoms with Gasteiger partial charge in [0, 0.05) is 27.5 Å². The van der Waals surface area contributed by atoms with Gasteiger partial charge in [-0.2, -0.15) is 0 Å². The number of benzene rings is 2. The molecule has 1 atom stereocenters. The second kappa shape index (κ2) is 10.4. The molecule has 0 aliphatic carbocycles. The fraction of sp³-hybridized carbons (Fsp3) is 0.182. The average molecular weight is 519 g/mol. The summed E-state index contributed by atoms with van der Waals surface area (Å²) in [6.45, 7) is 3.40. The third kappa shape index (κ3) is 5.51. The lowest BCUT2D eigenvalue weighted by Gasteiger charge is -2.15. The first-order valence-corrected chi connectivity index (χ1v) is 11.2. The Morgan fingerprint density at radius 2 is 1.97 bits per heavy atom. The minimum Gasteiger partial charge on any atom is -0.481 e. The van der Waals surface area contributed by atoms with Gasteiger partial charge in [0.25, 0.3) is 11.6 Å². The van der Waals surface area contributed by atoms with Gasteiger partial charge in [-0.15, -0.1) is 11.3 Å². The van der Waals surface area contributed by atoms with Gasteiger partial charge in [-0.25, -0.2) is 4.79 Å². The van der Waals surface area contributed by atoms with Gasteiger partial charge in [-0.1, -0.05) is 34.1 Å². The number of nitro benzene ring substituents is 1. The van der Waals surface area contributed by atoms with Gasteiger partial charge < -0.3 is 14.8 Å². The number of esters is 1. The molecule has 1 unspecified atom stereocenters. The van der Waals surface area contributed by atoms with Crippen molar-refractivity contribution >= 4 is 49.8 Å². The van der Waals surface area contributed by atoms with E-state index in [1.54, 1.807) is 43.5 Å². The lowest BCUT2D eigenvalue weighted by Crippen LogP contribution is -2.30. The molecule has 0 radical (unpaired) electrons. The largest absolute Gasteiger partial charge is 0.481 e. The van der Waals surface area contributed by atoms with Gasteiger partial charge in [0.15, 0.2) is 6.10 Å². The molecule has 0 bridgehead atoms. The first kappa shape index (κ1) is 23.4. The third-order valence-electron chi connectivity index (χ3n) is 4.35. The molecule has 8 nitrogen and oxygen atoms in total. The van der Waals surface area contributed by atoms with Crippen LogP contribution in [0.15, 0.2) is 58.4 Å². The third-order valence-corrected chi connectivity index (χ3v) is 5.74. The van der Waals surface area contributed by atoms with Gasteiger partial charge in [0.05, 0.1) is 11.5 Å². The Kier molecular flexibility index (Phi) is 7.60. The molecule has 3 aromatic rings. The van der Waals surface area contributed by atoms with Crippen LogP contribution >= 0.6 is 27.3 Å². The van der Waals surface area contributed by atoms with E-state index in [9.17, 15) is 19.7 Å². The predicted molar refractivity (Wildman–Crippen MR) is 125 cm³/mol. The maximum absolute atomic E-state index is 12.7. The minimum atomic E-state index is -0.845. The van der Waals surface area contributed by atoms with Crippen molar-refractivity contribution in [3.63, 3.8) is 0 Å². The summed E-state index contributed by atoms with van der Waals surface area (Å²) in [5.74, 6) is -0.579. The van der Waals surface area contributed by atoms with Gasteiger partial charge in [-0.3, -0.25) is 14.9 Å². The van der Waals surface area contributed by atoms with Crippen LogP contribution in [0.25, 0.3) is 11.1 Å². The number of halogens is 1.